The van der Waals surface area contributed by atoms with Gasteiger partial charge < -0.3 is 19.7 Å². The third-order valence-electron chi connectivity index (χ3n) is 2.83. The van der Waals surface area contributed by atoms with E-state index in [1.807, 2.05) is 32.0 Å². The van der Waals surface area contributed by atoms with Crippen molar-refractivity contribution in [2.45, 2.75) is 25.8 Å². The SMILES string of the molecule is COc1ccc(Cc2noc(C(C)(C)N)n2)cc1OC. The Balaban J connectivity index is 2.20. The largest absolute Gasteiger partial charge is 0.493 e. The molecule has 6 nitrogen and oxygen atoms in total. The fourth-order valence-corrected chi connectivity index (χ4v) is 1.76. The van der Waals surface area contributed by atoms with Gasteiger partial charge in [0, 0.05) is 6.42 Å². The molecule has 20 heavy (non-hydrogen) atoms. The molecule has 108 valence electrons. The van der Waals surface area contributed by atoms with E-state index in [9.17, 15) is 0 Å². The molecule has 0 aliphatic carbocycles. The molecule has 2 rings (SSSR count). The molecule has 0 aliphatic rings. The van der Waals surface area contributed by atoms with Crippen LogP contribution in [0.2, 0.25) is 0 Å². The summed E-state index contributed by atoms with van der Waals surface area (Å²) in [6.45, 7) is 3.64. The van der Waals surface area contributed by atoms with E-state index in [0.717, 1.165) is 5.56 Å². The van der Waals surface area contributed by atoms with Gasteiger partial charge in [0.15, 0.2) is 17.3 Å². The average molecular weight is 277 g/mol. The van der Waals surface area contributed by atoms with Crippen molar-refractivity contribution in [2.24, 2.45) is 5.73 Å². The average Bonchev–Trinajstić information content (AvgIpc) is 2.87. The van der Waals surface area contributed by atoms with Gasteiger partial charge in [-0.25, -0.2) is 0 Å². The zero-order valence-electron chi connectivity index (χ0n) is 12.1. The van der Waals surface area contributed by atoms with Gasteiger partial charge in [-0.05, 0) is 31.5 Å². The molecule has 0 fully saturated rings. The highest BCUT2D eigenvalue weighted by molar-refractivity contribution is 5.43. The second-order valence-electron chi connectivity index (χ2n) is 5.10. The number of methoxy groups -OCH3 is 2. The second kappa shape index (κ2) is 5.50. The van der Waals surface area contributed by atoms with Crippen molar-refractivity contribution >= 4 is 0 Å². The number of nitrogens with zero attached hydrogens (tertiary/aromatic N) is 2. The topological polar surface area (TPSA) is 83.4 Å². The molecule has 0 amide bonds. The van der Waals surface area contributed by atoms with Gasteiger partial charge in [-0.15, -0.1) is 0 Å². The summed E-state index contributed by atoms with van der Waals surface area (Å²) in [5.74, 6) is 2.37. The van der Waals surface area contributed by atoms with Crippen molar-refractivity contribution in [3.8, 4) is 11.5 Å². The Kier molecular flexibility index (Phi) is 3.94. The van der Waals surface area contributed by atoms with E-state index in [2.05, 4.69) is 10.1 Å². The van der Waals surface area contributed by atoms with Gasteiger partial charge in [-0.1, -0.05) is 11.2 Å². The van der Waals surface area contributed by atoms with Crippen LogP contribution in [0.4, 0.5) is 0 Å². The van der Waals surface area contributed by atoms with E-state index in [-0.39, 0.29) is 0 Å². The maximum absolute atomic E-state index is 5.91. The van der Waals surface area contributed by atoms with Gasteiger partial charge in [0.1, 0.15) is 0 Å². The Labute approximate surface area is 117 Å². The molecule has 0 unspecified atom stereocenters. The van der Waals surface area contributed by atoms with Crippen molar-refractivity contribution in [3.63, 3.8) is 0 Å². The van der Waals surface area contributed by atoms with Crippen LogP contribution in [0.15, 0.2) is 22.7 Å². The van der Waals surface area contributed by atoms with Crippen LogP contribution < -0.4 is 15.2 Å². The highest BCUT2D eigenvalue weighted by Gasteiger charge is 2.22. The maximum Gasteiger partial charge on any atom is 0.246 e. The zero-order chi connectivity index (χ0) is 14.8. The minimum absolute atomic E-state index is 0.424. The van der Waals surface area contributed by atoms with Gasteiger partial charge >= 0.3 is 0 Å². The molecule has 1 heterocycles. The third kappa shape index (κ3) is 3.08. The van der Waals surface area contributed by atoms with Crippen LogP contribution in [-0.2, 0) is 12.0 Å². The Hall–Kier alpha value is -2.08. The number of nitrogens with two attached hydrogens (primary N) is 1. The van der Waals surface area contributed by atoms with Crippen LogP contribution in [0, 0.1) is 0 Å². The summed E-state index contributed by atoms with van der Waals surface area (Å²) in [7, 11) is 3.21. The number of aromatic nitrogens is 2. The molecule has 6 heteroatoms. The van der Waals surface area contributed by atoms with Gasteiger partial charge in [0.2, 0.25) is 5.89 Å². The lowest BCUT2D eigenvalue weighted by molar-refractivity contribution is 0.310. The normalized spacial score (nSPS) is 11.4. The summed E-state index contributed by atoms with van der Waals surface area (Å²) in [6, 6.07) is 5.68. The first kappa shape index (κ1) is 14.3. The van der Waals surface area contributed by atoms with Crippen molar-refractivity contribution in [1.82, 2.24) is 10.1 Å². The Bertz CT molecular complexity index is 588. The van der Waals surface area contributed by atoms with Crippen LogP contribution >= 0.6 is 0 Å². The predicted octanol–water partition coefficient (Wildman–Crippen LogP) is 1.87. The fraction of sp³-hybridized carbons (Fsp3) is 0.429. The lowest BCUT2D eigenvalue weighted by atomic mass is 10.1. The Morgan fingerprint density at radius 1 is 1.20 bits per heavy atom. The van der Waals surface area contributed by atoms with E-state index in [0.29, 0.717) is 29.6 Å². The number of hydrogen-bond donors (Lipinski definition) is 1. The summed E-state index contributed by atoms with van der Waals surface area (Å²) in [5, 5.41) is 3.94. The Morgan fingerprint density at radius 3 is 2.45 bits per heavy atom. The van der Waals surface area contributed by atoms with E-state index in [1.165, 1.54) is 0 Å². The van der Waals surface area contributed by atoms with E-state index < -0.39 is 5.54 Å². The number of rotatable bonds is 5. The van der Waals surface area contributed by atoms with Gasteiger partial charge in [0.25, 0.3) is 0 Å². The summed E-state index contributed by atoms with van der Waals surface area (Å²) in [6.07, 6.45) is 0.542. The molecule has 0 saturated heterocycles. The Morgan fingerprint density at radius 2 is 1.90 bits per heavy atom. The highest BCUT2D eigenvalue weighted by atomic mass is 16.5. The maximum atomic E-state index is 5.91. The predicted molar refractivity (Wildman–Crippen MR) is 73.9 cm³/mol. The van der Waals surface area contributed by atoms with E-state index >= 15 is 0 Å². The molecule has 1 aromatic heterocycles. The molecule has 0 saturated carbocycles. The van der Waals surface area contributed by atoms with Gasteiger partial charge in [0.05, 0.1) is 19.8 Å². The molecule has 0 radical (unpaired) electrons. The quantitative estimate of drug-likeness (QED) is 0.898. The van der Waals surface area contributed by atoms with Crippen molar-refractivity contribution in [3.05, 3.63) is 35.5 Å². The van der Waals surface area contributed by atoms with Crippen LogP contribution in [0.25, 0.3) is 0 Å². The molecule has 2 N–H and O–H groups in total. The van der Waals surface area contributed by atoms with Crippen LogP contribution in [-0.4, -0.2) is 24.4 Å². The van der Waals surface area contributed by atoms with Crippen LogP contribution in [0.3, 0.4) is 0 Å². The smallest absolute Gasteiger partial charge is 0.246 e. The molecule has 0 bridgehead atoms. The molecule has 0 atom stereocenters. The number of ether oxygens (including phenoxy) is 2. The highest BCUT2D eigenvalue weighted by Crippen LogP contribution is 2.28. The monoisotopic (exact) mass is 277 g/mol. The number of hydrogen-bond acceptors (Lipinski definition) is 6. The summed E-state index contributed by atoms with van der Waals surface area (Å²) in [5.41, 5.74) is 6.28. The van der Waals surface area contributed by atoms with Crippen molar-refractivity contribution < 1.29 is 14.0 Å². The van der Waals surface area contributed by atoms with Gasteiger partial charge in [-0.3, -0.25) is 0 Å². The van der Waals surface area contributed by atoms with Crippen molar-refractivity contribution in [2.75, 3.05) is 14.2 Å². The molecule has 1 aromatic carbocycles. The number of benzene rings is 1. The van der Waals surface area contributed by atoms with Crippen LogP contribution in [0.5, 0.6) is 11.5 Å². The molecule has 0 spiro atoms. The van der Waals surface area contributed by atoms with E-state index in [1.54, 1.807) is 14.2 Å². The van der Waals surface area contributed by atoms with Crippen molar-refractivity contribution in [1.29, 1.82) is 0 Å². The minimum Gasteiger partial charge on any atom is -0.493 e. The molecule has 2 aromatic rings. The third-order valence-corrected chi connectivity index (χ3v) is 2.83. The minimum atomic E-state index is -0.636. The van der Waals surface area contributed by atoms with Crippen LogP contribution in [0.1, 0.15) is 31.1 Å². The second-order valence-corrected chi connectivity index (χ2v) is 5.10. The molecular formula is C14H19N3O3. The standard InChI is InChI=1S/C14H19N3O3/c1-14(2,15)13-16-12(17-20-13)8-9-5-6-10(18-3)11(7-9)19-4/h5-7H,8,15H2,1-4H3. The van der Waals surface area contributed by atoms with Gasteiger partial charge in [-0.2, -0.15) is 4.98 Å². The fourth-order valence-electron chi connectivity index (χ4n) is 1.76. The van der Waals surface area contributed by atoms with E-state index in [4.69, 9.17) is 19.7 Å². The first-order valence-electron chi connectivity index (χ1n) is 6.27. The first-order chi connectivity index (χ1) is 9.44. The first-order valence-corrected chi connectivity index (χ1v) is 6.27. The lowest BCUT2D eigenvalue weighted by Crippen LogP contribution is -2.29. The summed E-state index contributed by atoms with van der Waals surface area (Å²) >= 11 is 0. The molecule has 0 aliphatic heterocycles. The summed E-state index contributed by atoms with van der Waals surface area (Å²) in [4.78, 5) is 4.30. The summed E-state index contributed by atoms with van der Waals surface area (Å²) < 4.78 is 15.6. The zero-order valence-corrected chi connectivity index (χ0v) is 12.1. The molecular weight excluding hydrogens is 258 g/mol. The lowest BCUT2D eigenvalue weighted by Gasteiger charge is -2.10.